The summed E-state index contributed by atoms with van der Waals surface area (Å²) in [4.78, 5) is 25.0. The molecule has 0 unspecified atom stereocenters. The second-order valence-corrected chi connectivity index (χ2v) is 5.78. The van der Waals surface area contributed by atoms with Crippen molar-refractivity contribution in [1.29, 1.82) is 0 Å². The molecule has 3 rings (SSSR count). The van der Waals surface area contributed by atoms with Gasteiger partial charge in [0.05, 0.1) is 11.3 Å². The maximum Gasteiger partial charge on any atom is 0.256 e. The number of benzene rings is 2. The number of nitrogen functional groups attached to an aromatic ring is 1. The highest BCUT2D eigenvalue weighted by atomic mass is 19.1. The minimum absolute atomic E-state index is 0.0155. The molecule has 0 spiro atoms. The van der Waals surface area contributed by atoms with Gasteiger partial charge in [-0.2, -0.15) is 0 Å². The van der Waals surface area contributed by atoms with Gasteiger partial charge >= 0.3 is 0 Å². The summed E-state index contributed by atoms with van der Waals surface area (Å²) in [6.45, 7) is 0.0308. The van der Waals surface area contributed by atoms with Crippen LogP contribution in [0, 0.1) is 5.82 Å². The number of pyridine rings is 1. The zero-order chi connectivity index (χ0) is 18.7. The summed E-state index contributed by atoms with van der Waals surface area (Å²) in [6.07, 6.45) is 0.508. The van der Waals surface area contributed by atoms with Crippen LogP contribution in [0.1, 0.15) is 21.5 Å². The highest BCUT2D eigenvalue weighted by Gasteiger charge is 2.17. The highest BCUT2D eigenvalue weighted by molar-refractivity contribution is 6.11. The molecule has 0 saturated heterocycles. The van der Waals surface area contributed by atoms with Crippen LogP contribution >= 0.6 is 0 Å². The number of aliphatic hydroxyl groups is 1. The fraction of sp³-hybridized carbons (Fsp3) is 0.100. The normalized spacial score (nSPS) is 10.7. The second kappa shape index (κ2) is 7.33. The Hall–Kier alpha value is -3.25. The van der Waals surface area contributed by atoms with Crippen molar-refractivity contribution in [3.8, 4) is 5.69 Å². The van der Waals surface area contributed by atoms with Crippen LogP contribution in [0.25, 0.3) is 5.69 Å². The molecule has 132 valence electrons. The van der Waals surface area contributed by atoms with E-state index >= 15 is 0 Å². The summed E-state index contributed by atoms with van der Waals surface area (Å²) in [7, 11) is 0. The number of nitrogens with two attached hydrogens (primary N) is 1. The smallest absolute Gasteiger partial charge is 0.256 e. The van der Waals surface area contributed by atoms with Gasteiger partial charge in [0.15, 0.2) is 5.78 Å². The van der Waals surface area contributed by atoms with E-state index in [9.17, 15) is 14.0 Å². The van der Waals surface area contributed by atoms with Crippen molar-refractivity contribution < 1.29 is 14.3 Å². The topological polar surface area (TPSA) is 85.3 Å². The van der Waals surface area contributed by atoms with Gasteiger partial charge in [-0.25, -0.2) is 4.39 Å². The third-order valence-electron chi connectivity index (χ3n) is 4.08. The Bertz CT molecular complexity index is 993. The number of carbonyl (C=O) groups excluding carboxylic acids is 1. The third-order valence-corrected chi connectivity index (χ3v) is 4.08. The fourth-order valence-electron chi connectivity index (χ4n) is 2.71. The Labute approximate surface area is 149 Å². The van der Waals surface area contributed by atoms with Crippen molar-refractivity contribution >= 4 is 11.6 Å². The standard InChI is InChI=1S/C20H17FN2O3/c21-15-5-3-14(4-6-15)19(26)17-9-10-18(25)23(20(17)22)16-7-1-13(2-8-16)11-12-24/h1-10,24H,11-12,22H2. The van der Waals surface area contributed by atoms with Crippen LogP contribution < -0.4 is 11.3 Å². The predicted octanol–water partition coefficient (Wildman–Crippen LogP) is 2.32. The molecule has 6 heteroatoms. The highest BCUT2D eigenvalue weighted by Crippen LogP contribution is 2.19. The van der Waals surface area contributed by atoms with Gasteiger partial charge in [-0.1, -0.05) is 12.1 Å². The lowest BCUT2D eigenvalue weighted by Gasteiger charge is -2.13. The third kappa shape index (κ3) is 3.41. The van der Waals surface area contributed by atoms with E-state index in [1.807, 2.05) is 0 Å². The van der Waals surface area contributed by atoms with Crippen LogP contribution in [-0.2, 0) is 6.42 Å². The quantitative estimate of drug-likeness (QED) is 0.690. The molecule has 2 aromatic carbocycles. The van der Waals surface area contributed by atoms with Crippen LogP contribution in [0.4, 0.5) is 10.2 Å². The maximum atomic E-state index is 13.1. The average molecular weight is 352 g/mol. The van der Waals surface area contributed by atoms with Crippen molar-refractivity contribution in [2.75, 3.05) is 12.3 Å². The van der Waals surface area contributed by atoms with E-state index in [4.69, 9.17) is 10.8 Å². The van der Waals surface area contributed by atoms with Gasteiger partial charge in [-0.15, -0.1) is 0 Å². The molecule has 0 aliphatic rings. The predicted molar refractivity (Wildman–Crippen MR) is 97.1 cm³/mol. The van der Waals surface area contributed by atoms with Gasteiger partial charge in [0, 0.05) is 18.2 Å². The fourth-order valence-corrected chi connectivity index (χ4v) is 2.71. The number of anilines is 1. The molecule has 3 aromatic rings. The van der Waals surface area contributed by atoms with Crippen molar-refractivity contribution in [3.63, 3.8) is 0 Å². The van der Waals surface area contributed by atoms with Gasteiger partial charge in [-0.05, 0) is 54.4 Å². The van der Waals surface area contributed by atoms with Gasteiger partial charge < -0.3 is 10.8 Å². The molecule has 0 atom stereocenters. The van der Waals surface area contributed by atoms with E-state index in [0.29, 0.717) is 12.1 Å². The molecule has 1 heterocycles. The molecule has 0 bridgehead atoms. The zero-order valence-corrected chi connectivity index (χ0v) is 13.9. The lowest BCUT2D eigenvalue weighted by molar-refractivity contribution is 0.103. The van der Waals surface area contributed by atoms with Crippen LogP contribution in [0.5, 0.6) is 0 Å². The van der Waals surface area contributed by atoms with Crippen molar-refractivity contribution in [3.05, 3.63) is 93.5 Å². The Balaban J connectivity index is 2.05. The summed E-state index contributed by atoms with van der Waals surface area (Å²) in [5, 5.41) is 8.98. The largest absolute Gasteiger partial charge is 0.396 e. The summed E-state index contributed by atoms with van der Waals surface area (Å²) >= 11 is 0. The number of rotatable bonds is 5. The van der Waals surface area contributed by atoms with Crippen molar-refractivity contribution in [2.24, 2.45) is 0 Å². The zero-order valence-electron chi connectivity index (χ0n) is 13.9. The SMILES string of the molecule is Nc1c(C(=O)c2ccc(F)cc2)ccc(=O)n1-c1ccc(CCO)cc1. The Morgan fingerprint density at radius 2 is 1.65 bits per heavy atom. The molecular weight excluding hydrogens is 335 g/mol. The van der Waals surface area contributed by atoms with E-state index < -0.39 is 11.6 Å². The van der Waals surface area contributed by atoms with Crippen LogP contribution in [0.15, 0.2) is 65.5 Å². The average Bonchev–Trinajstić information content (AvgIpc) is 2.64. The van der Waals surface area contributed by atoms with E-state index in [0.717, 1.165) is 5.56 Å². The van der Waals surface area contributed by atoms with Crippen molar-refractivity contribution in [1.82, 2.24) is 4.57 Å². The number of hydrogen-bond donors (Lipinski definition) is 2. The van der Waals surface area contributed by atoms with Crippen molar-refractivity contribution in [2.45, 2.75) is 6.42 Å². The Morgan fingerprint density at radius 1 is 1.00 bits per heavy atom. The van der Waals surface area contributed by atoms with Gasteiger partial charge in [0.1, 0.15) is 11.6 Å². The maximum absolute atomic E-state index is 13.1. The first-order valence-corrected chi connectivity index (χ1v) is 8.03. The number of aliphatic hydroxyl groups excluding tert-OH is 1. The Morgan fingerprint density at radius 3 is 2.27 bits per heavy atom. The molecule has 0 amide bonds. The van der Waals surface area contributed by atoms with Gasteiger partial charge in [0.2, 0.25) is 0 Å². The lowest BCUT2D eigenvalue weighted by atomic mass is 10.0. The summed E-state index contributed by atoms with van der Waals surface area (Å²) < 4.78 is 14.3. The van der Waals surface area contributed by atoms with Gasteiger partial charge in [-0.3, -0.25) is 14.2 Å². The van der Waals surface area contributed by atoms with E-state index in [2.05, 4.69) is 0 Å². The number of aromatic nitrogens is 1. The molecule has 0 fully saturated rings. The first-order chi connectivity index (χ1) is 12.5. The summed E-state index contributed by atoms with van der Waals surface area (Å²) in [5.74, 6) is -0.822. The number of nitrogens with zero attached hydrogens (tertiary/aromatic N) is 1. The molecule has 3 N–H and O–H groups in total. The molecule has 26 heavy (non-hydrogen) atoms. The van der Waals surface area contributed by atoms with E-state index in [1.54, 1.807) is 24.3 Å². The summed E-state index contributed by atoms with van der Waals surface area (Å²) in [5.41, 5.74) is 7.62. The molecular formula is C20H17FN2O3. The van der Waals surface area contributed by atoms with E-state index in [1.165, 1.54) is 41.0 Å². The monoisotopic (exact) mass is 352 g/mol. The minimum atomic E-state index is -0.442. The van der Waals surface area contributed by atoms with Crippen LogP contribution in [0.3, 0.4) is 0 Å². The lowest BCUT2D eigenvalue weighted by Crippen LogP contribution is -2.23. The summed E-state index contributed by atoms with van der Waals surface area (Å²) in [6, 6.07) is 14.8. The first-order valence-electron chi connectivity index (χ1n) is 8.03. The van der Waals surface area contributed by atoms with Crippen LogP contribution in [0.2, 0.25) is 0 Å². The van der Waals surface area contributed by atoms with Gasteiger partial charge in [0.25, 0.3) is 5.56 Å². The molecule has 1 aromatic heterocycles. The number of halogens is 1. The molecule has 0 aliphatic carbocycles. The molecule has 0 saturated carbocycles. The molecule has 5 nitrogen and oxygen atoms in total. The number of ketones is 1. The molecule has 0 radical (unpaired) electrons. The second-order valence-electron chi connectivity index (χ2n) is 5.78. The number of hydrogen-bond acceptors (Lipinski definition) is 4. The minimum Gasteiger partial charge on any atom is -0.396 e. The first kappa shape index (κ1) is 17.6. The number of carbonyl (C=O) groups is 1. The van der Waals surface area contributed by atoms with Crippen LogP contribution in [-0.4, -0.2) is 22.1 Å². The Kier molecular flexibility index (Phi) is 4.95. The molecule has 0 aliphatic heterocycles. The van der Waals surface area contributed by atoms with E-state index in [-0.39, 0.29) is 29.1 Å².